The summed E-state index contributed by atoms with van der Waals surface area (Å²) in [6, 6.07) is 14.8. The van der Waals surface area contributed by atoms with Gasteiger partial charge in [0.25, 0.3) is 5.89 Å². The third-order valence-electron chi connectivity index (χ3n) is 9.13. The number of aromatic nitrogens is 3. The maximum atomic E-state index is 14.9. The molecule has 0 aliphatic carbocycles. The van der Waals surface area contributed by atoms with Crippen molar-refractivity contribution in [2.45, 2.75) is 49.7 Å². The van der Waals surface area contributed by atoms with E-state index in [0.717, 1.165) is 44.5 Å². The van der Waals surface area contributed by atoms with Crippen LogP contribution in [0.3, 0.4) is 0 Å². The molecule has 44 heavy (non-hydrogen) atoms. The zero-order chi connectivity index (χ0) is 30.5. The third kappa shape index (κ3) is 4.97. The predicted molar refractivity (Wildman–Crippen MR) is 158 cm³/mol. The van der Waals surface area contributed by atoms with Crippen molar-refractivity contribution in [2.75, 3.05) is 36.9 Å². The van der Waals surface area contributed by atoms with Gasteiger partial charge in [-0.2, -0.15) is 13.8 Å². The molecule has 2 aromatic heterocycles. The molecular formula is C32H32F2N6O4. The van der Waals surface area contributed by atoms with Gasteiger partial charge in [-0.15, -0.1) is 0 Å². The molecule has 3 N–H and O–H groups in total. The molecule has 0 spiro atoms. The van der Waals surface area contributed by atoms with Crippen LogP contribution in [0.5, 0.6) is 0 Å². The number of rotatable bonds is 8. The lowest BCUT2D eigenvalue weighted by Gasteiger charge is -2.46. The number of carbonyl (C=O) groups excluding carboxylic acids is 1. The summed E-state index contributed by atoms with van der Waals surface area (Å²) in [5.74, 6) is -2.79. The van der Waals surface area contributed by atoms with Crippen molar-refractivity contribution >= 4 is 23.2 Å². The molecular weight excluding hydrogens is 570 g/mol. The Kier molecular flexibility index (Phi) is 7.05. The Morgan fingerprint density at radius 1 is 1.07 bits per heavy atom. The number of hydrogen-bond acceptors (Lipinski definition) is 10. The highest BCUT2D eigenvalue weighted by Crippen LogP contribution is 2.43. The maximum Gasteiger partial charge on any atom is 0.339 e. The monoisotopic (exact) mass is 602 g/mol. The van der Waals surface area contributed by atoms with Gasteiger partial charge < -0.3 is 29.9 Å². The van der Waals surface area contributed by atoms with Gasteiger partial charge in [0.05, 0.1) is 29.5 Å². The van der Waals surface area contributed by atoms with Gasteiger partial charge in [0.2, 0.25) is 0 Å². The summed E-state index contributed by atoms with van der Waals surface area (Å²) < 4.78 is 40.5. The first kappa shape index (κ1) is 28.4. The Hall–Kier alpha value is -4.42. The highest BCUT2D eigenvalue weighted by molar-refractivity contribution is 5.93. The standard InChI is InChI=1S/C32H32F2N6O4/c1-19-32(33,34)24-15-21(7-8-22(24)29(42)43-19)36-27-16-25(37-26(18-41)20-5-3-2-4-6-20)23(17-35-27)28-38-30(39-44-28)31-9-12-40(13-10-31)14-11-31/h2-8,15-17,19,26,41H,9-14,18H2,1H3,(H2,35,36,37)/t19?,26-/m1/s1. The zero-order valence-electron chi connectivity index (χ0n) is 24.1. The number of benzene rings is 2. The van der Waals surface area contributed by atoms with Crippen molar-refractivity contribution in [3.8, 4) is 11.5 Å². The number of pyridine rings is 1. The molecule has 6 heterocycles. The summed E-state index contributed by atoms with van der Waals surface area (Å²) in [4.78, 5) is 24.1. The van der Waals surface area contributed by atoms with E-state index >= 15 is 0 Å². The first-order chi connectivity index (χ1) is 21.3. The molecule has 1 unspecified atom stereocenters. The second kappa shape index (κ2) is 10.9. The number of aliphatic hydroxyl groups excluding tert-OH is 1. The average Bonchev–Trinajstić information content (AvgIpc) is 3.55. The minimum atomic E-state index is -3.35. The fourth-order valence-electron chi connectivity index (χ4n) is 6.37. The van der Waals surface area contributed by atoms with E-state index in [1.807, 2.05) is 30.3 Å². The molecule has 4 aliphatic rings. The zero-order valence-corrected chi connectivity index (χ0v) is 24.1. The van der Waals surface area contributed by atoms with Crippen LogP contribution in [0.2, 0.25) is 0 Å². The van der Waals surface area contributed by atoms with Gasteiger partial charge in [0.1, 0.15) is 5.82 Å². The quantitative estimate of drug-likeness (QED) is 0.226. The molecule has 4 aliphatic heterocycles. The highest BCUT2D eigenvalue weighted by atomic mass is 19.3. The predicted octanol–water partition coefficient (Wildman–Crippen LogP) is 5.41. The number of ether oxygens (including phenoxy) is 1. The second-order valence-corrected chi connectivity index (χ2v) is 11.8. The number of hydrogen-bond donors (Lipinski definition) is 3. The number of aliphatic hydroxyl groups is 1. The van der Waals surface area contributed by atoms with Gasteiger partial charge in [-0.3, -0.25) is 0 Å². The third-order valence-corrected chi connectivity index (χ3v) is 9.13. The molecule has 2 bridgehead atoms. The van der Waals surface area contributed by atoms with Gasteiger partial charge >= 0.3 is 11.9 Å². The van der Waals surface area contributed by atoms with Gasteiger partial charge in [0, 0.05) is 28.9 Å². The van der Waals surface area contributed by atoms with Crippen LogP contribution in [0, 0.1) is 0 Å². The Bertz CT molecular complexity index is 1680. The lowest BCUT2D eigenvalue weighted by Crippen LogP contribution is -2.51. The summed E-state index contributed by atoms with van der Waals surface area (Å²) >= 11 is 0. The number of esters is 1. The van der Waals surface area contributed by atoms with Crippen LogP contribution in [-0.2, 0) is 16.1 Å². The van der Waals surface area contributed by atoms with Crippen LogP contribution in [-0.4, -0.2) is 63.4 Å². The second-order valence-electron chi connectivity index (χ2n) is 11.8. The maximum absolute atomic E-state index is 14.9. The molecule has 4 aromatic rings. The van der Waals surface area contributed by atoms with E-state index in [1.165, 1.54) is 25.1 Å². The van der Waals surface area contributed by atoms with Crippen LogP contribution in [0.4, 0.5) is 26.0 Å². The van der Waals surface area contributed by atoms with Crippen molar-refractivity contribution in [2.24, 2.45) is 0 Å². The van der Waals surface area contributed by atoms with E-state index in [2.05, 4.69) is 25.7 Å². The Labute approximate surface area is 252 Å². The molecule has 228 valence electrons. The summed E-state index contributed by atoms with van der Waals surface area (Å²) in [6.45, 7) is 4.02. The van der Waals surface area contributed by atoms with Crippen LogP contribution >= 0.6 is 0 Å². The number of nitrogens with zero attached hydrogens (tertiary/aromatic N) is 4. The number of nitrogens with one attached hydrogen (secondary N) is 2. The molecule has 2 aromatic carbocycles. The molecule has 3 saturated heterocycles. The normalized spacial score (nSPS) is 24.3. The lowest BCUT2D eigenvalue weighted by molar-refractivity contribution is -0.122. The van der Waals surface area contributed by atoms with Gasteiger partial charge in [-0.25, -0.2) is 9.78 Å². The van der Waals surface area contributed by atoms with Crippen molar-refractivity contribution < 1.29 is 27.9 Å². The number of alkyl halides is 2. The van der Waals surface area contributed by atoms with E-state index in [0.29, 0.717) is 34.5 Å². The number of fused-ring (bicyclic) bond motifs is 4. The minimum absolute atomic E-state index is 0.102. The van der Waals surface area contributed by atoms with Crippen molar-refractivity contribution in [1.82, 2.24) is 20.0 Å². The molecule has 10 nitrogen and oxygen atoms in total. The number of halogens is 2. The topological polar surface area (TPSA) is 126 Å². The largest absolute Gasteiger partial charge is 0.452 e. The van der Waals surface area contributed by atoms with Crippen molar-refractivity contribution in [1.29, 1.82) is 0 Å². The van der Waals surface area contributed by atoms with Gasteiger partial charge in [-0.05, 0) is 69.6 Å². The Balaban J connectivity index is 1.24. The number of anilines is 3. The lowest BCUT2D eigenvalue weighted by atomic mass is 9.71. The first-order valence-corrected chi connectivity index (χ1v) is 14.8. The van der Waals surface area contributed by atoms with Crippen molar-refractivity contribution in [3.63, 3.8) is 0 Å². The molecule has 0 amide bonds. The van der Waals surface area contributed by atoms with E-state index in [1.54, 1.807) is 12.3 Å². The van der Waals surface area contributed by atoms with Crippen LogP contribution in [0.1, 0.15) is 59.5 Å². The average molecular weight is 603 g/mol. The molecule has 0 radical (unpaired) electrons. The Morgan fingerprint density at radius 2 is 1.82 bits per heavy atom. The fourth-order valence-corrected chi connectivity index (χ4v) is 6.37. The summed E-state index contributed by atoms with van der Waals surface area (Å²) in [5.41, 5.74) is 1.60. The van der Waals surface area contributed by atoms with Gasteiger partial charge in [-0.1, -0.05) is 35.5 Å². The van der Waals surface area contributed by atoms with E-state index in [-0.39, 0.29) is 17.6 Å². The van der Waals surface area contributed by atoms with E-state index < -0.39 is 29.6 Å². The van der Waals surface area contributed by atoms with Crippen LogP contribution < -0.4 is 10.6 Å². The molecule has 12 heteroatoms. The Morgan fingerprint density at radius 3 is 2.55 bits per heavy atom. The summed E-state index contributed by atoms with van der Waals surface area (Å²) in [6.07, 6.45) is 2.94. The minimum Gasteiger partial charge on any atom is -0.452 e. The first-order valence-electron chi connectivity index (χ1n) is 14.8. The van der Waals surface area contributed by atoms with Crippen molar-refractivity contribution in [3.05, 3.63) is 83.3 Å². The highest BCUT2D eigenvalue weighted by Gasteiger charge is 2.48. The summed E-state index contributed by atoms with van der Waals surface area (Å²) in [7, 11) is 0. The number of piperidine rings is 3. The SMILES string of the molecule is CC1OC(=O)c2ccc(Nc3cc(N[C@H](CO)c4ccccc4)c(-c4nc(C56CCN(CC5)CC6)no4)cn3)cc2C1(F)F. The molecule has 0 saturated carbocycles. The van der Waals surface area contributed by atoms with Crippen LogP contribution in [0.25, 0.3) is 11.5 Å². The van der Waals surface area contributed by atoms with E-state index in [9.17, 15) is 18.7 Å². The summed E-state index contributed by atoms with van der Waals surface area (Å²) in [5, 5.41) is 21.2. The van der Waals surface area contributed by atoms with Gasteiger partial charge in [0.15, 0.2) is 11.9 Å². The van der Waals surface area contributed by atoms with E-state index in [4.69, 9.17) is 14.2 Å². The smallest absolute Gasteiger partial charge is 0.339 e. The molecule has 3 fully saturated rings. The van der Waals surface area contributed by atoms with Crippen LogP contribution in [0.15, 0.2) is 65.3 Å². The number of cyclic esters (lactones) is 1. The molecule has 2 atom stereocenters. The fraction of sp³-hybridized carbons (Fsp3) is 0.375. The molecule has 8 rings (SSSR count). The number of carbonyl (C=O) groups is 1.